The van der Waals surface area contributed by atoms with Gasteiger partial charge in [-0.05, 0) is 60.5 Å². The molecular formula is C30H47O4P. The highest BCUT2D eigenvalue weighted by Crippen LogP contribution is 2.49. The summed E-state index contributed by atoms with van der Waals surface area (Å²) in [4.78, 5) is 0. The maximum absolute atomic E-state index is 10.8. The van der Waals surface area contributed by atoms with E-state index >= 15 is 0 Å². The first-order valence-electron chi connectivity index (χ1n) is 13.1. The summed E-state index contributed by atoms with van der Waals surface area (Å²) in [5.41, 5.74) is 1.15. The van der Waals surface area contributed by atoms with E-state index in [0.717, 1.165) is 37.8 Å². The monoisotopic (exact) mass is 502 g/mol. The van der Waals surface area contributed by atoms with Crippen molar-refractivity contribution in [1.29, 1.82) is 0 Å². The minimum Gasteiger partial charge on any atom is -0.507 e. The SMILES string of the molecule is COC(C)CC(C)(C)C(C)(C)CCPC(C)(C)C1CC(C)OC(c2c(O)ccc3ccccc23)O1. The molecule has 35 heavy (non-hydrogen) atoms. The lowest BCUT2D eigenvalue weighted by atomic mass is 9.64. The van der Waals surface area contributed by atoms with E-state index in [1.54, 1.807) is 13.2 Å². The molecule has 4 nitrogen and oxygen atoms in total. The summed E-state index contributed by atoms with van der Waals surface area (Å²) in [6.45, 7) is 18.5. The van der Waals surface area contributed by atoms with Crippen LogP contribution in [0.15, 0.2) is 36.4 Å². The minimum atomic E-state index is -0.565. The predicted octanol–water partition coefficient (Wildman–Crippen LogP) is 8.06. The molecule has 5 heteroatoms. The highest BCUT2D eigenvalue weighted by atomic mass is 31.1. The molecule has 0 radical (unpaired) electrons. The summed E-state index contributed by atoms with van der Waals surface area (Å²) in [7, 11) is 2.58. The second-order valence-corrected chi connectivity index (χ2v) is 14.4. The van der Waals surface area contributed by atoms with Crippen LogP contribution in [0.2, 0.25) is 0 Å². The number of phenolic OH excluding ortho intramolecular Hbond substituents is 1. The molecule has 0 bridgehead atoms. The summed E-state index contributed by atoms with van der Waals surface area (Å²) in [6.07, 6.45) is 4.09. The molecule has 1 fully saturated rings. The molecule has 1 N–H and O–H groups in total. The summed E-state index contributed by atoms with van der Waals surface area (Å²) in [6, 6.07) is 11.8. The number of methoxy groups -OCH3 is 1. The Morgan fingerprint density at radius 1 is 1.03 bits per heavy atom. The highest BCUT2D eigenvalue weighted by molar-refractivity contribution is 7.40. The minimum absolute atomic E-state index is 0.0243. The zero-order valence-electron chi connectivity index (χ0n) is 23.3. The number of ether oxygens (including phenoxy) is 3. The van der Waals surface area contributed by atoms with Crippen molar-refractivity contribution in [2.75, 3.05) is 13.3 Å². The molecule has 1 heterocycles. The summed E-state index contributed by atoms with van der Waals surface area (Å²) in [5.74, 6) is 0.232. The molecule has 0 amide bonds. The smallest absolute Gasteiger partial charge is 0.188 e. The summed E-state index contributed by atoms with van der Waals surface area (Å²) in [5, 5.41) is 12.8. The summed E-state index contributed by atoms with van der Waals surface area (Å²) >= 11 is 0. The van der Waals surface area contributed by atoms with Gasteiger partial charge in [-0.25, -0.2) is 0 Å². The van der Waals surface area contributed by atoms with Gasteiger partial charge < -0.3 is 19.3 Å². The van der Waals surface area contributed by atoms with Crippen molar-refractivity contribution in [3.05, 3.63) is 42.0 Å². The number of hydrogen-bond donors (Lipinski definition) is 1. The fraction of sp³-hybridized carbons (Fsp3) is 0.667. The van der Waals surface area contributed by atoms with Crippen LogP contribution in [0, 0.1) is 10.8 Å². The van der Waals surface area contributed by atoms with Crippen molar-refractivity contribution in [1.82, 2.24) is 0 Å². The molecule has 2 aromatic rings. The van der Waals surface area contributed by atoms with Crippen molar-refractivity contribution in [2.24, 2.45) is 10.8 Å². The molecule has 0 aliphatic carbocycles. The van der Waals surface area contributed by atoms with Crippen LogP contribution in [-0.2, 0) is 14.2 Å². The van der Waals surface area contributed by atoms with Gasteiger partial charge >= 0.3 is 0 Å². The molecule has 0 aromatic heterocycles. The lowest BCUT2D eigenvalue weighted by molar-refractivity contribution is -0.248. The van der Waals surface area contributed by atoms with E-state index in [4.69, 9.17) is 14.2 Å². The van der Waals surface area contributed by atoms with Crippen molar-refractivity contribution >= 4 is 19.4 Å². The first-order chi connectivity index (χ1) is 16.3. The lowest BCUT2D eigenvalue weighted by Crippen LogP contribution is -2.43. The Hall–Kier alpha value is -1.19. The van der Waals surface area contributed by atoms with E-state index in [2.05, 4.69) is 61.5 Å². The molecule has 1 aliphatic rings. The third-order valence-corrected chi connectivity index (χ3v) is 10.3. The Bertz CT molecular complexity index is 983. The first-order valence-corrected chi connectivity index (χ1v) is 14.3. The molecule has 2 aromatic carbocycles. The molecule has 0 saturated carbocycles. The Kier molecular flexibility index (Phi) is 8.96. The molecule has 3 rings (SSSR count). The number of fused-ring (bicyclic) bond motifs is 1. The van der Waals surface area contributed by atoms with Crippen LogP contribution in [0.3, 0.4) is 0 Å². The molecular weight excluding hydrogens is 455 g/mol. The van der Waals surface area contributed by atoms with Crippen LogP contribution in [0.5, 0.6) is 5.75 Å². The number of phenols is 1. The molecule has 5 unspecified atom stereocenters. The van der Waals surface area contributed by atoms with Gasteiger partial charge in [0.1, 0.15) is 5.75 Å². The van der Waals surface area contributed by atoms with Gasteiger partial charge in [-0.15, -0.1) is 8.58 Å². The largest absolute Gasteiger partial charge is 0.507 e. The van der Waals surface area contributed by atoms with Crippen LogP contribution in [0.25, 0.3) is 10.8 Å². The van der Waals surface area contributed by atoms with Crippen molar-refractivity contribution in [3.63, 3.8) is 0 Å². The fourth-order valence-electron chi connectivity index (χ4n) is 5.17. The standard InChI is InChI=1S/C30H47O4P/c1-20-18-25(30(7,8)35-17-16-28(3,4)29(5,6)19-21(2)32-9)34-27(33-20)26-23-13-11-10-12-22(23)14-15-24(26)31/h10-15,20-21,25,27,31,35H,16-19H2,1-9H3. The second kappa shape index (κ2) is 11.1. The van der Waals surface area contributed by atoms with Crippen molar-refractivity contribution in [2.45, 2.75) is 104 Å². The van der Waals surface area contributed by atoms with Gasteiger partial charge in [0, 0.05) is 18.7 Å². The second-order valence-electron chi connectivity index (χ2n) is 12.3. The molecule has 1 aliphatic heterocycles. The van der Waals surface area contributed by atoms with Crippen LogP contribution in [-0.4, -0.2) is 41.8 Å². The molecule has 0 spiro atoms. The van der Waals surface area contributed by atoms with Gasteiger partial charge in [0.05, 0.1) is 23.9 Å². The van der Waals surface area contributed by atoms with E-state index < -0.39 is 6.29 Å². The maximum atomic E-state index is 10.8. The summed E-state index contributed by atoms with van der Waals surface area (Å²) < 4.78 is 18.4. The van der Waals surface area contributed by atoms with Gasteiger partial charge in [0.15, 0.2) is 6.29 Å². The van der Waals surface area contributed by atoms with Crippen LogP contribution >= 0.6 is 8.58 Å². The topological polar surface area (TPSA) is 47.9 Å². The van der Waals surface area contributed by atoms with Gasteiger partial charge in [-0.1, -0.05) is 71.9 Å². The number of benzene rings is 2. The van der Waals surface area contributed by atoms with Gasteiger partial charge in [0.25, 0.3) is 0 Å². The Morgan fingerprint density at radius 3 is 2.40 bits per heavy atom. The van der Waals surface area contributed by atoms with Crippen molar-refractivity contribution in [3.8, 4) is 5.75 Å². The Morgan fingerprint density at radius 2 is 1.71 bits per heavy atom. The Labute approximate surface area is 214 Å². The molecule has 196 valence electrons. The average Bonchev–Trinajstić information content (AvgIpc) is 2.77. The van der Waals surface area contributed by atoms with E-state index in [9.17, 15) is 5.11 Å². The van der Waals surface area contributed by atoms with Crippen LogP contribution in [0.1, 0.15) is 86.5 Å². The number of aromatic hydroxyl groups is 1. The normalized spacial score (nSPS) is 23.3. The van der Waals surface area contributed by atoms with E-state index in [1.807, 2.05) is 24.3 Å². The molecule has 1 saturated heterocycles. The van der Waals surface area contributed by atoms with Crippen molar-refractivity contribution < 1.29 is 19.3 Å². The number of rotatable bonds is 10. The van der Waals surface area contributed by atoms with Crippen LogP contribution in [0.4, 0.5) is 0 Å². The number of hydrogen-bond acceptors (Lipinski definition) is 4. The zero-order chi connectivity index (χ0) is 26.0. The van der Waals surface area contributed by atoms with Crippen LogP contribution < -0.4 is 0 Å². The molecule has 5 atom stereocenters. The quantitative estimate of drug-likeness (QED) is 0.334. The van der Waals surface area contributed by atoms with E-state index in [-0.39, 0.29) is 40.0 Å². The average molecular weight is 503 g/mol. The Balaban J connectivity index is 1.71. The zero-order valence-corrected chi connectivity index (χ0v) is 24.3. The lowest BCUT2D eigenvalue weighted by Gasteiger charge is -2.45. The fourth-order valence-corrected chi connectivity index (χ4v) is 6.97. The van der Waals surface area contributed by atoms with Gasteiger partial charge in [-0.3, -0.25) is 0 Å². The highest BCUT2D eigenvalue weighted by Gasteiger charge is 2.41. The van der Waals surface area contributed by atoms with E-state index in [1.165, 1.54) is 12.6 Å². The third kappa shape index (κ3) is 6.58. The van der Waals surface area contributed by atoms with E-state index in [0.29, 0.717) is 0 Å². The first kappa shape index (κ1) is 28.4. The predicted molar refractivity (Wildman–Crippen MR) is 149 cm³/mol. The maximum Gasteiger partial charge on any atom is 0.188 e. The van der Waals surface area contributed by atoms with Gasteiger partial charge in [-0.2, -0.15) is 0 Å². The third-order valence-electron chi connectivity index (χ3n) is 8.54. The van der Waals surface area contributed by atoms with Gasteiger partial charge in [0.2, 0.25) is 0 Å².